The highest BCUT2D eigenvalue weighted by atomic mass is 32.2. The van der Waals surface area contributed by atoms with Crippen LogP contribution >= 0.6 is 0 Å². The van der Waals surface area contributed by atoms with Crippen molar-refractivity contribution in [3.8, 4) is 0 Å². The second-order valence-electron chi connectivity index (χ2n) is 9.10. The van der Waals surface area contributed by atoms with Crippen LogP contribution < -0.4 is 4.72 Å². The molecule has 11 heteroatoms. The van der Waals surface area contributed by atoms with Crippen molar-refractivity contribution in [1.82, 2.24) is 9.62 Å². The van der Waals surface area contributed by atoms with Gasteiger partial charge in [-0.3, -0.25) is 9.59 Å². The first kappa shape index (κ1) is 25.6. The number of carbonyl (C=O) groups excluding carboxylic acids is 2. The van der Waals surface area contributed by atoms with E-state index >= 15 is 0 Å². The molecule has 4 rings (SSSR count). The van der Waals surface area contributed by atoms with Gasteiger partial charge < -0.3 is 4.90 Å². The van der Waals surface area contributed by atoms with Gasteiger partial charge in [-0.1, -0.05) is 19.1 Å². The molecule has 190 valence electrons. The summed E-state index contributed by atoms with van der Waals surface area (Å²) in [4.78, 5) is 26.0. The van der Waals surface area contributed by atoms with Crippen LogP contribution in [0.5, 0.6) is 0 Å². The van der Waals surface area contributed by atoms with Gasteiger partial charge in [0.15, 0.2) is 11.6 Å². The molecular weight excluding hydrogens is 500 g/mol. The van der Waals surface area contributed by atoms with E-state index in [2.05, 4.69) is 0 Å². The van der Waals surface area contributed by atoms with E-state index in [4.69, 9.17) is 0 Å². The highest BCUT2D eigenvalue weighted by Crippen LogP contribution is 2.50. The molecule has 36 heavy (non-hydrogen) atoms. The zero-order valence-corrected chi connectivity index (χ0v) is 20.0. The summed E-state index contributed by atoms with van der Waals surface area (Å²) < 4.78 is 80.3. The molecule has 0 saturated carbocycles. The smallest absolute Gasteiger partial charge is 0.264 e. The molecule has 1 N–H and O–H groups in total. The number of halogens is 4. The van der Waals surface area contributed by atoms with Crippen molar-refractivity contribution >= 4 is 21.8 Å². The van der Waals surface area contributed by atoms with Crippen LogP contribution in [0.2, 0.25) is 0 Å². The van der Waals surface area contributed by atoms with Gasteiger partial charge in [0.25, 0.3) is 15.9 Å². The van der Waals surface area contributed by atoms with Crippen LogP contribution in [0.4, 0.5) is 17.6 Å². The molecule has 2 aromatic rings. The van der Waals surface area contributed by atoms with Gasteiger partial charge in [-0.25, -0.2) is 30.7 Å². The van der Waals surface area contributed by atoms with Crippen molar-refractivity contribution in [3.63, 3.8) is 0 Å². The van der Waals surface area contributed by atoms with Crippen molar-refractivity contribution in [2.24, 2.45) is 5.41 Å². The van der Waals surface area contributed by atoms with E-state index in [1.165, 1.54) is 17.0 Å². The van der Waals surface area contributed by atoms with Crippen LogP contribution in [-0.4, -0.2) is 25.1 Å². The molecule has 1 aliphatic carbocycles. The van der Waals surface area contributed by atoms with Crippen LogP contribution in [0.1, 0.15) is 38.2 Å². The van der Waals surface area contributed by atoms with E-state index in [-0.39, 0.29) is 18.9 Å². The van der Waals surface area contributed by atoms with Gasteiger partial charge in [0.2, 0.25) is 5.91 Å². The quantitative estimate of drug-likeness (QED) is 0.448. The Morgan fingerprint density at radius 2 is 1.78 bits per heavy atom. The highest BCUT2D eigenvalue weighted by Gasteiger charge is 2.46. The third-order valence-electron chi connectivity index (χ3n) is 6.30. The molecule has 1 aliphatic heterocycles. The Morgan fingerprint density at radius 3 is 2.44 bits per heavy atom. The lowest BCUT2D eigenvalue weighted by Gasteiger charge is -2.34. The van der Waals surface area contributed by atoms with Gasteiger partial charge in [-0.15, -0.1) is 0 Å². The number of sulfonamides is 1. The first-order valence-corrected chi connectivity index (χ1v) is 12.6. The molecule has 1 atom stereocenters. The average Bonchev–Trinajstić information content (AvgIpc) is 3.03. The summed E-state index contributed by atoms with van der Waals surface area (Å²) in [6, 6.07) is 5.05. The fourth-order valence-electron chi connectivity index (χ4n) is 4.75. The highest BCUT2D eigenvalue weighted by molar-refractivity contribution is 7.90. The summed E-state index contributed by atoms with van der Waals surface area (Å²) in [5.41, 5.74) is 1.12. The Hall–Kier alpha value is -3.47. The summed E-state index contributed by atoms with van der Waals surface area (Å²) in [6.07, 6.45) is 4.49. The predicted octanol–water partition coefficient (Wildman–Crippen LogP) is 4.48. The molecule has 0 bridgehead atoms. The second kappa shape index (κ2) is 9.53. The van der Waals surface area contributed by atoms with Gasteiger partial charge in [0.1, 0.15) is 11.6 Å². The number of nitrogens with zero attached hydrogens (tertiary/aromatic N) is 1. The molecule has 0 spiro atoms. The largest absolute Gasteiger partial charge is 0.311 e. The van der Waals surface area contributed by atoms with Gasteiger partial charge in [0.05, 0.1) is 11.4 Å². The maximum absolute atomic E-state index is 13.7. The molecule has 2 amide bonds. The zero-order chi connectivity index (χ0) is 26.3. The first-order chi connectivity index (χ1) is 16.9. The molecule has 1 unspecified atom stereocenters. The van der Waals surface area contributed by atoms with Crippen LogP contribution in [0.15, 0.2) is 64.7 Å². The van der Waals surface area contributed by atoms with Crippen molar-refractivity contribution in [3.05, 3.63) is 88.7 Å². The first-order valence-electron chi connectivity index (χ1n) is 11.1. The number of likely N-dealkylation sites (tertiary alicyclic amines) is 1. The van der Waals surface area contributed by atoms with Crippen molar-refractivity contribution < 1.29 is 35.6 Å². The summed E-state index contributed by atoms with van der Waals surface area (Å²) in [5, 5.41) is 0. The SMILES string of the molecule is CC12CCCC(/C=C/C(=O)NS(=O)(=O)c3cc(F)cc(F)c3)=C1N(Cc1ccc(F)c(F)c1)C(=O)C2. The molecule has 2 aromatic carbocycles. The van der Waals surface area contributed by atoms with Gasteiger partial charge >= 0.3 is 0 Å². The topological polar surface area (TPSA) is 83.6 Å². The van der Waals surface area contributed by atoms with Crippen LogP contribution in [0.25, 0.3) is 0 Å². The third-order valence-corrected chi connectivity index (χ3v) is 7.63. The minimum atomic E-state index is -4.53. The Labute approximate surface area is 205 Å². The summed E-state index contributed by atoms with van der Waals surface area (Å²) in [7, 11) is -4.53. The Kier molecular flexibility index (Phi) is 6.78. The van der Waals surface area contributed by atoms with E-state index in [1.54, 1.807) is 4.72 Å². The molecule has 1 fully saturated rings. The van der Waals surface area contributed by atoms with E-state index in [9.17, 15) is 35.6 Å². The average molecular weight is 523 g/mol. The summed E-state index contributed by atoms with van der Waals surface area (Å²) >= 11 is 0. The van der Waals surface area contributed by atoms with Crippen molar-refractivity contribution in [2.45, 2.75) is 44.0 Å². The maximum atomic E-state index is 13.7. The summed E-state index contributed by atoms with van der Waals surface area (Å²) in [6.45, 7) is 1.91. The fraction of sp³-hybridized carbons (Fsp3) is 0.280. The Balaban J connectivity index is 1.60. The number of allylic oxidation sites excluding steroid dienone is 3. The fourth-order valence-corrected chi connectivity index (χ4v) is 5.74. The lowest BCUT2D eigenvalue weighted by atomic mass is 9.74. The maximum Gasteiger partial charge on any atom is 0.264 e. The van der Waals surface area contributed by atoms with E-state index < -0.39 is 49.5 Å². The molecule has 6 nitrogen and oxygen atoms in total. The monoisotopic (exact) mass is 522 g/mol. The minimum Gasteiger partial charge on any atom is -0.311 e. The second-order valence-corrected chi connectivity index (χ2v) is 10.8. The van der Waals surface area contributed by atoms with E-state index in [1.807, 2.05) is 6.92 Å². The number of fused-ring (bicyclic) bond motifs is 1. The molecule has 1 heterocycles. The van der Waals surface area contributed by atoms with Crippen LogP contribution in [-0.2, 0) is 26.2 Å². The molecule has 0 radical (unpaired) electrons. The van der Waals surface area contributed by atoms with Gasteiger partial charge in [-0.2, -0.15) is 0 Å². The van der Waals surface area contributed by atoms with Crippen molar-refractivity contribution in [2.75, 3.05) is 0 Å². The van der Waals surface area contributed by atoms with E-state index in [0.29, 0.717) is 54.3 Å². The number of nitrogens with one attached hydrogen (secondary N) is 1. The Morgan fingerprint density at radius 1 is 1.08 bits per heavy atom. The van der Waals surface area contributed by atoms with E-state index in [0.717, 1.165) is 18.2 Å². The van der Waals surface area contributed by atoms with Crippen LogP contribution in [0.3, 0.4) is 0 Å². The molecule has 0 aromatic heterocycles. The zero-order valence-electron chi connectivity index (χ0n) is 19.2. The number of rotatable bonds is 6. The van der Waals surface area contributed by atoms with Gasteiger partial charge in [-0.05, 0) is 54.7 Å². The molecule has 1 saturated heterocycles. The van der Waals surface area contributed by atoms with Gasteiger partial charge in [0, 0.05) is 29.7 Å². The lowest BCUT2D eigenvalue weighted by molar-refractivity contribution is -0.127. The standard InChI is InChI=1S/C25H22F4N2O4S/c1-25-8-2-3-16(5-7-22(32)30-36(34,35)19-11-17(26)10-18(27)12-19)24(25)31(23(33)13-25)14-15-4-6-20(28)21(29)9-15/h4-7,9-12H,2-3,8,13-14H2,1H3,(H,30,32)/b7-5+. The number of amides is 2. The number of benzene rings is 2. The lowest BCUT2D eigenvalue weighted by Crippen LogP contribution is -2.30. The van der Waals surface area contributed by atoms with Crippen LogP contribution in [0, 0.1) is 28.7 Å². The summed E-state index contributed by atoms with van der Waals surface area (Å²) in [5.74, 6) is -5.51. The number of carbonyl (C=O) groups is 2. The van der Waals surface area contributed by atoms with Crippen molar-refractivity contribution in [1.29, 1.82) is 0 Å². The molecular formula is C25H22F4N2O4S. The molecule has 2 aliphatic rings. The normalized spacial score (nSPS) is 20.2. The Bertz CT molecular complexity index is 1400. The predicted molar refractivity (Wildman–Crippen MR) is 121 cm³/mol. The third kappa shape index (κ3) is 5.20. The number of hydrogen-bond acceptors (Lipinski definition) is 4. The minimum absolute atomic E-state index is 0.00398. The number of hydrogen-bond donors (Lipinski definition) is 1.